The molecule has 1 aromatic carbocycles. The first-order valence-corrected chi connectivity index (χ1v) is 6.28. The Morgan fingerprint density at radius 3 is 2.74 bits per heavy atom. The monoisotopic (exact) mass is 247 g/mol. The Labute approximate surface area is 111 Å². The fourth-order valence-electron chi connectivity index (χ4n) is 2.55. The highest BCUT2D eigenvalue weighted by Gasteiger charge is 2.17. The Kier molecular flexibility index (Phi) is 2.77. The third-order valence-electron chi connectivity index (χ3n) is 3.33. The summed E-state index contributed by atoms with van der Waals surface area (Å²) < 4.78 is 2.17. The first kappa shape index (κ1) is 11.5. The maximum absolute atomic E-state index is 9.50. The van der Waals surface area contributed by atoms with Crippen LogP contribution in [0.4, 0.5) is 0 Å². The molecule has 3 heteroatoms. The molecule has 0 bridgehead atoms. The molecule has 3 aromatic rings. The number of aromatic nitrogens is 2. The van der Waals surface area contributed by atoms with Crippen LogP contribution in [0.25, 0.3) is 22.2 Å². The van der Waals surface area contributed by atoms with Crippen LogP contribution in [0.3, 0.4) is 0 Å². The number of benzene rings is 1. The quantitative estimate of drug-likeness (QED) is 0.694. The van der Waals surface area contributed by atoms with Crippen molar-refractivity contribution in [1.82, 2.24) is 9.55 Å². The molecule has 0 atom stereocenters. The number of fused-ring (bicyclic) bond motifs is 1. The molecule has 2 aromatic heterocycles. The van der Waals surface area contributed by atoms with Crippen molar-refractivity contribution >= 4 is 10.9 Å². The van der Waals surface area contributed by atoms with E-state index in [1.54, 1.807) is 12.4 Å². The van der Waals surface area contributed by atoms with E-state index in [1.807, 2.05) is 30.3 Å². The topological polar surface area (TPSA) is 41.6 Å². The van der Waals surface area contributed by atoms with Gasteiger partial charge in [0.1, 0.15) is 6.07 Å². The van der Waals surface area contributed by atoms with Crippen molar-refractivity contribution in [2.75, 3.05) is 0 Å². The molecule has 0 amide bonds. The number of hydrogen-bond donors (Lipinski definition) is 0. The largest absolute Gasteiger partial charge is 0.340 e. The summed E-state index contributed by atoms with van der Waals surface area (Å²) in [6.07, 6.45) is 3.55. The zero-order chi connectivity index (χ0) is 13.2. The van der Waals surface area contributed by atoms with E-state index in [0.717, 1.165) is 34.3 Å². The maximum atomic E-state index is 9.50. The molecular weight excluding hydrogens is 234 g/mol. The highest BCUT2D eigenvalue weighted by molar-refractivity contribution is 5.94. The van der Waals surface area contributed by atoms with Gasteiger partial charge in [-0.15, -0.1) is 0 Å². The fourth-order valence-corrected chi connectivity index (χ4v) is 2.55. The van der Waals surface area contributed by atoms with Crippen molar-refractivity contribution in [1.29, 1.82) is 5.26 Å². The summed E-state index contributed by atoms with van der Waals surface area (Å²) in [5.41, 5.74) is 3.77. The van der Waals surface area contributed by atoms with Crippen molar-refractivity contribution in [3.63, 3.8) is 0 Å². The smallest absolute Gasteiger partial charge is 0.102 e. The summed E-state index contributed by atoms with van der Waals surface area (Å²) in [7, 11) is 0. The molecule has 0 aliphatic heterocycles. The molecule has 19 heavy (non-hydrogen) atoms. The number of para-hydroxylation sites is 1. The molecule has 3 nitrogen and oxygen atoms in total. The van der Waals surface area contributed by atoms with Crippen molar-refractivity contribution in [3.05, 3.63) is 54.4 Å². The van der Waals surface area contributed by atoms with Crippen LogP contribution >= 0.6 is 0 Å². The van der Waals surface area contributed by atoms with E-state index in [2.05, 4.69) is 28.6 Å². The van der Waals surface area contributed by atoms with Gasteiger partial charge in [-0.05, 0) is 25.1 Å². The number of hydrogen-bond acceptors (Lipinski definition) is 2. The third kappa shape index (κ3) is 1.69. The lowest BCUT2D eigenvalue weighted by molar-refractivity contribution is 0.804. The van der Waals surface area contributed by atoms with Gasteiger partial charge >= 0.3 is 0 Å². The molecule has 0 aliphatic rings. The predicted molar refractivity (Wildman–Crippen MR) is 75.6 cm³/mol. The summed E-state index contributed by atoms with van der Waals surface area (Å²) in [5.74, 6) is 0. The summed E-state index contributed by atoms with van der Waals surface area (Å²) in [5, 5.41) is 10.5. The maximum Gasteiger partial charge on any atom is 0.102 e. The Morgan fingerprint density at radius 2 is 2.05 bits per heavy atom. The fraction of sp³-hybridized carbons (Fsp3) is 0.125. The highest BCUT2D eigenvalue weighted by atomic mass is 15.0. The molecule has 0 aliphatic carbocycles. The van der Waals surface area contributed by atoms with Crippen LogP contribution in [0.1, 0.15) is 12.5 Å². The van der Waals surface area contributed by atoms with Crippen LogP contribution in [0.5, 0.6) is 0 Å². The van der Waals surface area contributed by atoms with Gasteiger partial charge in [0.15, 0.2) is 0 Å². The van der Waals surface area contributed by atoms with Gasteiger partial charge in [0.25, 0.3) is 0 Å². The van der Waals surface area contributed by atoms with Crippen LogP contribution < -0.4 is 0 Å². The standard InChI is InChI=1S/C16H13N3/c1-2-19-15-8-4-3-7-13(15)14(10-17)16(19)12-6-5-9-18-11-12/h3-9,11H,2H2,1H3. The third-order valence-corrected chi connectivity index (χ3v) is 3.33. The molecule has 0 unspecified atom stereocenters. The minimum absolute atomic E-state index is 0.727. The van der Waals surface area contributed by atoms with E-state index < -0.39 is 0 Å². The van der Waals surface area contributed by atoms with E-state index >= 15 is 0 Å². The molecule has 0 spiro atoms. The molecule has 0 saturated carbocycles. The van der Waals surface area contributed by atoms with Gasteiger partial charge < -0.3 is 4.57 Å². The van der Waals surface area contributed by atoms with E-state index in [9.17, 15) is 5.26 Å². The number of rotatable bonds is 2. The second-order valence-corrected chi connectivity index (χ2v) is 4.34. The molecule has 0 radical (unpaired) electrons. The molecule has 0 fully saturated rings. The number of nitriles is 1. The Hall–Kier alpha value is -2.60. The second kappa shape index (κ2) is 4.58. The van der Waals surface area contributed by atoms with Crippen LogP contribution in [-0.4, -0.2) is 9.55 Å². The molecule has 3 rings (SSSR count). The first-order chi connectivity index (χ1) is 9.36. The van der Waals surface area contributed by atoms with Crippen molar-refractivity contribution in [2.45, 2.75) is 13.5 Å². The molecule has 92 valence electrons. The van der Waals surface area contributed by atoms with Gasteiger partial charge in [-0.1, -0.05) is 18.2 Å². The van der Waals surface area contributed by atoms with Crippen LogP contribution in [0.2, 0.25) is 0 Å². The predicted octanol–water partition coefficient (Wildman–Crippen LogP) is 3.59. The summed E-state index contributed by atoms with van der Waals surface area (Å²) >= 11 is 0. The lowest BCUT2D eigenvalue weighted by atomic mass is 10.1. The number of pyridine rings is 1. The van der Waals surface area contributed by atoms with E-state index in [0.29, 0.717) is 0 Å². The average Bonchev–Trinajstić information content (AvgIpc) is 2.81. The van der Waals surface area contributed by atoms with Crippen LogP contribution in [0.15, 0.2) is 48.8 Å². The molecule has 0 saturated heterocycles. The lowest BCUT2D eigenvalue weighted by Gasteiger charge is -2.07. The zero-order valence-electron chi connectivity index (χ0n) is 10.7. The Morgan fingerprint density at radius 1 is 1.21 bits per heavy atom. The Bertz CT molecular complexity index is 764. The van der Waals surface area contributed by atoms with Crippen molar-refractivity contribution in [3.8, 4) is 17.3 Å². The Balaban J connectivity index is 2.44. The van der Waals surface area contributed by atoms with Gasteiger partial charge in [0, 0.05) is 35.4 Å². The number of aryl methyl sites for hydroxylation is 1. The molecule has 0 N–H and O–H groups in total. The SMILES string of the molecule is CCn1c(-c2cccnc2)c(C#N)c2ccccc21. The summed E-state index contributed by atoms with van der Waals surface area (Å²) in [6.45, 7) is 2.92. The summed E-state index contributed by atoms with van der Waals surface area (Å²) in [4.78, 5) is 4.16. The van der Waals surface area contributed by atoms with E-state index in [-0.39, 0.29) is 0 Å². The van der Waals surface area contributed by atoms with E-state index in [4.69, 9.17) is 0 Å². The van der Waals surface area contributed by atoms with Gasteiger partial charge in [0.05, 0.1) is 11.3 Å². The van der Waals surface area contributed by atoms with Gasteiger partial charge in [0.2, 0.25) is 0 Å². The van der Waals surface area contributed by atoms with Gasteiger partial charge in [-0.2, -0.15) is 5.26 Å². The van der Waals surface area contributed by atoms with Crippen molar-refractivity contribution < 1.29 is 0 Å². The number of nitrogens with zero attached hydrogens (tertiary/aromatic N) is 3. The van der Waals surface area contributed by atoms with Gasteiger partial charge in [-0.25, -0.2) is 0 Å². The zero-order valence-corrected chi connectivity index (χ0v) is 10.7. The summed E-state index contributed by atoms with van der Waals surface area (Å²) in [6, 6.07) is 14.3. The average molecular weight is 247 g/mol. The van der Waals surface area contributed by atoms with E-state index in [1.165, 1.54) is 0 Å². The highest BCUT2D eigenvalue weighted by Crippen LogP contribution is 2.32. The molecular formula is C16H13N3. The molecule has 2 heterocycles. The van der Waals surface area contributed by atoms with Crippen LogP contribution in [0, 0.1) is 11.3 Å². The first-order valence-electron chi connectivity index (χ1n) is 6.28. The van der Waals surface area contributed by atoms with Crippen LogP contribution in [-0.2, 0) is 6.54 Å². The normalized spacial score (nSPS) is 10.5. The minimum Gasteiger partial charge on any atom is -0.340 e. The second-order valence-electron chi connectivity index (χ2n) is 4.34. The lowest BCUT2D eigenvalue weighted by Crippen LogP contribution is -1.97. The van der Waals surface area contributed by atoms with Gasteiger partial charge in [-0.3, -0.25) is 4.98 Å². The van der Waals surface area contributed by atoms with Crippen molar-refractivity contribution in [2.24, 2.45) is 0 Å². The minimum atomic E-state index is 0.727.